The predicted molar refractivity (Wildman–Crippen MR) is 144 cm³/mol. The van der Waals surface area contributed by atoms with E-state index in [0.717, 1.165) is 52.2 Å². The van der Waals surface area contributed by atoms with E-state index in [1.54, 1.807) is 12.3 Å². The average Bonchev–Trinajstić information content (AvgIpc) is 3.30. The number of benzene rings is 4. The van der Waals surface area contributed by atoms with Crippen molar-refractivity contribution >= 4 is 60.8 Å². The van der Waals surface area contributed by atoms with Gasteiger partial charge in [0.2, 0.25) is 0 Å². The topological polar surface area (TPSA) is 83.0 Å². The van der Waals surface area contributed by atoms with Crippen molar-refractivity contribution in [1.82, 2.24) is 9.97 Å². The van der Waals surface area contributed by atoms with E-state index in [1.165, 1.54) is 27.1 Å². The molecule has 0 fully saturated rings. The van der Waals surface area contributed by atoms with E-state index in [9.17, 15) is 9.59 Å². The monoisotopic (exact) mass is 470 g/mol. The van der Waals surface area contributed by atoms with Gasteiger partial charge in [0.25, 0.3) is 0 Å². The summed E-state index contributed by atoms with van der Waals surface area (Å²) in [5, 5.41) is 15.9. The van der Waals surface area contributed by atoms with Crippen LogP contribution in [0, 0.1) is 0 Å². The first kappa shape index (κ1) is 21.8. The Morgan fingerprint density at radius 1 is 0.806 bits per heavy atom. The minimum absolute atomic E-state index is 0.0669. The first-order chi connectivity index (χ1) is 17.6. The van der Waals surface area contributed by atoms with Crippen LogP contribution in [0.5, 0.6) is 0 Å². The number of aromatic carboxylic acids is 1. The number of hydrogen-bond donors (Lipinski definition) is 2. The third-order valence-corrected chi connectivity index (χ3v) is 6.95. The van der Waals surface area contributed by atoms with Gasteiger partial charge in [-0.3, -0.25) is 0 Å². The molecule has 2 aromatic heterocycles. The van der Waals surface area contributed by atoms with Crippen molar-refractivity contribution in [2.75, 3.05) is 0 Å². The maximum Gasteiger partial charge on any atom is 0.354 e. The Morgan fingerprint density at radius 3 is 2.42 bits per heavy atom. The van der Waals surface area contributed by atoms with Crippen molar-refractivity contribution < 1.29 is 14.7 Å². The number of nitrogens with zero attached hydrogens (tertiary/aromatic N) is 1. The number of fused-ring (bicyclic) bond motifs is 8. The van der Waals surface area contributed by atoms with E-state index in [1.807, 2.05) is 24.3 Å². The fourth-order valence-electron chi connectivity index (χ4n) is 5.25. The van der Waals surface area contributed by atoms with Gasteiger partial charge in [-0.25, -0.2) is 14.6 Å². The number of rotatable bonds is 1. The highest BCUT2D eigenvalue weighted by Crippen LogP contribution is 2.36. The van der Waals surface area contributed by atoms with Gasteiger partial charge in [-0.1, -0.05) is 66.7 Å². The summed E-state index contributed by atoms with van der Waals surface area (Å²) >= 11 is 0. The third-order valence-electron chi connectivity index (χ3n) is 6.95. The molecule has 2 heterocycles. The first-order valence-electron chi connectivity index (χ1n) is 11.9. The Bertz CT molecular complexity index is 1860. The van der Waals surface area contributed by atoms with Gasteiger partial charge in [-0.05, 0) is 64.1 Å². The number of allylic oxidation sites excluding steroid dienone is 1. The number of carboxylic acids is 1. The van der Waals surface area contributed by atoms with Gasteiger partial charge in [-0.2, -0.15) is 0 Å². The predicted octanol–water partition coefficient (Wildman–Crippen LogP) is 6.96. The second kappa shape index (κ2) is 8.81. The number of carbonyl (C=O) groups excluding carboxylic acids is 1. The zero-order valence-corrected chi connectivity index (χ0v) is 19.4. The van der Waals surface area contributed by atoms with Crippen molar-refractivity contribution in [3.05, 3.63) is 102 Å². The highest BCUT2D eigenvalue weighted by molar-refractivity contribution is 6.10. The Hall–Kier alpha value is -4.73. The van der Waals surface area contributed by atoms with Gasteiger partial charge in [0.15, 0.2) is 0 Å². The second-order valence-electron chi connectivity index (χ2n) is 9.00. The largest absolute Gasteiger partial charge is 0.477 e. The number of carbonyl (C=O) groups is 1. The fraction of sp³-hybridized carbons (Fsp3) is 0.0968. The van der Waals surface area contributed by atoms with Gasteiger partial charge in [0.05, 0.1) is 11.7 Å². The number of aromatic amines is 1. The summed E-state index contributed by atoms with van der Waals surface area (Å²) in [6.07, 6.45) is 4.51. The molecule has 36 heavy (non-hydrogen) atoms. The third kappa shape index (κ3) is 3.63. The van der Waals surface area contributed by atoms with Crippen LogP contribution in [0.15, 0.2) is 85.1 Å². The van der Waals surface area contributed by atoms with E-state index in [0.29, 0.717) is 0 Å². The van der Waals surface area contributed by atoms with Crippen LogP contribution in [-0.4, -0.2) is 27.0 Å². The molecular formula is C31H22N2O3. The molecule has 0 radical (unpaired) electrons. The molecule has 1 aliphatic carbocycles. The maximum atomic E-state index is 11.1. The minimum atomic E-state index is -1.01. The number of para-hydroxylation sites is 1. The summed E-state index contributed by atoms with van der Waals surface area (Å²) in [5.74, 6) is 1.12. The fourth-order valence-corrected chi connectivity index (χ4v) is 5.25. The van der Waals surface area contributed by atoms with Crippen molar-refractivity contribution in [1.29, 1.82) is 0 Å². The molecule has 5 heteroatoms. The summed E-state index contributed by atoms with van der Waals surface area (Å²) in [6.45, 7) is 0. The smallest absolute Gasteiger partial charge is 0.354 e. The van der Waals surface area contributed by atoms with Crippen LogP contribution in [0.3, 0.4) is 0 Å². The number of aryl methyl sites for hydroxylation is 1. The van der Waals surface area contributed by atoms with Crippen LogP contribution in [-0.2, 0) is 11.2 Å². The highest BCUT2D eigenvalue weighted by Gasteiger charge is 2.18. The Balaban J connectivity index is 0.000000137. The van der Waals surface area contributed by atoms with E-state index in [-0.39, 0.29) is 5.69 Å². The van der Waals surface area contributed by atoms with Gasteiger partial charge >= 0.3 is 5.97 Å². The lowest BCUT2D eigenvalue weighted by molar-refractivity contribution is 0.0690. The lowest BCUT2D eigenvalue weighted by Gasteiger charge is -2.19. The van der Waals surface area contributed by atoms with Gasteiger partial charge in [0.1, 0.15) is 11.6 Å². The number of hydrogen-bond acceptors (Lipinski definition) is 3. The van der Waals surface area contributed by atoms with Gasteiger partial charge < -0.3 is 10.1 Å². The van der Waals surface area contributed by atoms with Crippen molar-refractivity contribution in [2.45, 2.75) is 19.3 Å². The standard InChI is InChI=1S/C19H14O.C12H8N2O2/c20-12-14-5-3-7-17-16(14)10-11-18-15-6-2-1-4-13(15)8-9-19(17)18;15-12(16)10-5-8-7-3-1-2-4-9(7)14-11(8)6-13-10/h1-2,4,6,8-11H,3,5,7H2;1-6,14H,(H,15,16). The zero-order valence-electron chi connectivity index (χ0n) is 19.4. The normalized spacial score (nSPS) is 12.8. The summed E-state index contributed by atoms with van der Waals surface area (Å²) in [4.78, 5) is 29.0. The molecule has 0 saturated carbocycles. The number of nitrogens with one attached hydrogen (secondary N) is 1. The molecule has 2 N–H and O–H groups in total. The number of H-pyrrole nitrogens is 1. The van der Waals surface area contributed by atoms with Crippen LogP contribution in [0.2, 0.25) is 0 Å². The molecule has 0 amide bonds. The molecule has 5 nitrogen and oxygen atoms in total. The second-order valence-corrected chi connectivity index (χ2v) is 9.00. The van der Waals surface area contributed by atoms with E-state index in [4.69, 9.17) is 5.11 Å². The molecule has 4 aromatic carbocycles. The molecule has 0 aliphatic heterocycles. The molecular weight excluding hydrogens is 448 g/mol. The van der Waals surface area contributed by atoms with Crippen LogP contribution in [0.1, 0.15) is 34.5 Å². The molecule has 0 spiro atoms. The minimum Gasteiger partial charge on any atom is -0.477 e. The molecule has 0 bridgehead atoms. The zero-order chi connectivity index (χ0) is 24.6. The summed E-state index contributed by atoms with van der Waals surface area (Å²) in [7, 11) is 0. The van der Waals surface area contributed by atoms with Crippen molar-refractivity contribution in [2.24, 2.45) is 0 Å². The Labute approximate surface area is 206 Å². The van der Waals surface area contributed by atoms with E-state index < -0.39 is 5.97 Å². The summed E-state index contributed by atoms with van der Waals surface area (Å²) in [6, 6.07) is 26.5. The summed E-state index contributed by atoms with van der Waals surface area (Å²) in [5.41, 5.74) is 5.17. The van der Waals surface area contributed by atoms with Gasteiger partial charge in [-0.15, -0.1) is 0 Å². The Kier molecular flexibility index (Phi) is 5.33. The van der Waals surface area contributed by atoms with Crippen molar-refractivity contribution in [3.63, 3.8) is 0 Å². The molecule has 7 rings (SSSR count). The van der Waals surface area contributed by atoms with E-state index in [2.05, 4.69) is 64.4 Å². The van der Waals surface area contributed by atoms with Crippen LogP contribution in [0.4, 0.5) is 0 Å². The lowest BCUT2D eigenvalue weighted by atomic mass is 9.84. The molecule has 174 valence electrons. The molecule has 0 saturated heterocycles. The van der Waals surface area contributed by atoms with E-state index >= 15 is 0 Å². The lowest BCUT2D eigenvalue weighted by Crippen LogP contribution is -2.03. The highest BCUT2D eigenvalue weighted by atomic mass is 16.4. The van der Waals surface area contributed by atoms with Crippen LogP contribution in [0.25, 0.3) is 48.9 Å². The SMILES string of the molecule is O=C(O)c1cc2c(cn1)[nH]c1ccccc12.O=C=C1CCCc2c1ccc1c2ccc2ccccc21. The van der Waals surface area contributed by atoms with Crippen molar-refractivity contribution in [3.8, 4) is 0 Å². The molecule has 1 aliphatic rings. The van der Waals surface area contributed by atoms with Crippen LogP contribution < -0.4 is 0 Å². The van der Waals surface area contributed by atoms with Gasteiger partial charge in [0, 0.05) is 21.9 Å². The molecule has 0 atom stereocenters. The number of aromatic nitrogens is 2. The van der Waals surface area contributed by atoms with Crippen LogP contribution >= 0.6 is 0 Å². The molecule has 0 unspecified atom stereocenters. The first-order valence-corrected chi connectivity index (χ1v) is 11.9. The molecule has 6 aromatic rings. The quantitative estimate of drug-likeness (QED) is 0.201. The maximum absolute atomic E-state index is 11.1. The summed E-state index contributed by atoms with van der Waals surface area (Å²) < 4.78 is 0. The number of pyridine rings is 1. The Morgan fingerprint density at radius 2 is 1.58 bits per heavy atom. The average molecular weight is 471 g/mol. The number of carboxylic acid groups (broad SMARTS) is 1.